The Hall–Kier alpha value is -0.920. The quantitative estimate of drug-likeness (QED) is 0.156. The van der Waals surface area contributed by atoms with E-state index >= 15 is 0 Å². The van der Waals surface area contributed by atoms with Crippen LogP contribution in [-0.2, 0) is 19.6 Å². The van der Waals surface area contributed by atoms with Crippen LogP contribution >= 0.6 is 0 Å². The number of carbonyl (C=O) groups excluding carboxylic acids is 1. The lowest BCUT2D eigenvalue weighted by atomic mass is 10.1. The first-order chi connectivity index (χ1) is 11.0. The molecule has 0 heterocycles. The normalized spacial score (nSPS) is 12.2. The highest BCUT2D eigenvalue weighted by molar-refractivity contribution is 7.85. The van der Waals surface area contributed by atoms with Gasteiger partial charge in [0.05, 0.1) is 43.9 Å². The third kappa shape index (κ3) is 14.7. The Morgan fingerprint density at radius 1 is 1.00 bits per heavy atom. The lowest BCUT2D eigenvalue weighted by molar-refractivity contribution is -0.890. The van der Waals surface area contributed by atoms with Crippen LogP contribution in [0.3, 0.4) is 0 Å². The summed E-state index contributed by atoms with van der Waals surface area (Å²) in [4.78, 5) is 11.2. The molecule has 0 spiro atoms. The maximum Gasteiger partial charge on any atom is 0.333 e. The fourth-order valence-electron chi connectivity index (χ4n) is 2.42. The summed E-state index contributed by atoms with van der Waals surface area (Å²) in [6, 6.07) is 0. The van der Waals surface area contributed by atoms with Crippen molar-refractivity contribution in [2.75, 3.05) is 39.5 Å². The minimum absolute atomic E-state index is 0.273. The van der Waals surface area contributed by atoms with Crippen molar-refractivity contribution in [2.45, 2.75) is 51.9 Å². The second-order valence-corrected chi connectivity index (χ2v) is 8.56. The Balaban J connectivity index is 3.54. The molecule has 7 heteroatoms. The van der Waals surface area contributed by atoms with E-state index in [1.807, 2.05) is 0 Å². The van der Waals surface area contributed by atoms with Gasteiger partial charge in [-0.15, -0.1) is 0 Å². The first-order valence-electron chi connectivity index (χ1n) is 8.62. The van der Waals surface area contributed by atoms with Gasteiger partial charge in [-0.25, -0.2) is 13.2 Å². The highest BCUT2D eigenvalue weighted by Gasteiger charge is 2.14. The van der Waals surface area contributed by atoms with Crippen LogP contribution in [0.5, 0.6) is 0 Å². The van der Waals surface area contributed by atoms with E-state index in [0.29, 0.717) is 25.1 Å². The van der Waals surface area contributed by atoms with Crippen molar-refractivity contribution in [3.63, 3.8) is 0 Å². The molecule has 0 aromatic rings. The summed E-state index contributed by atoms with van der Waals surface area (Å²) in [5.41, 5.74) is 0.434. The van der Waals surface area contributed by atoms with Gasteiger partial charge in [-0.3, -0.25) is 0 Å². The van der Waals surface area contributed by atoms with Crippen LogP contribution in [0.25, 0.3) is 0 Å². The second kappa shape index (κ2) is 11.6. The number of ether oxygens (including phenoxy) is 1. The van der Waals surface area contributed by atoms with E-state index in [4.69, 9.17) is 4.74 Å². The maximum atomic E-state index is 11.2. The number of quaternary nitrogens is 1. The van der Waals surface area contributed by atoms with Crippen LogP contribution in [-0.4, -0.2) is 63.0 Å². The zero-order chi connectivity index (χ0) is 18.6. The summed E-state index contributed by atoms with van der Waals surface area (Å²) in [6.07, 6.45) is 6.82. The lowest BCUT2D eigenvalue weighted by Crippen LogP contribution is -2.41. The summed E-state index contributed by atoms with van der Waals surface area (Å²) in [5.74, 6) is -0.593. The van der Waals surface area contributed by atoms with Gasteiger partial charge in [0.25, 0.3) is 0 Å². The first-order valence-corrected chi connectivity index (χ1v) is 10.2. The van der Waals surface area contributed by atoms with Crippen LogP contribution in [0.15, 0.2) is 12.2 Å². The molecular weight excluding hydrogens is 330 g/mol. The predicted octanol–water partition coefficient (Wildman–Crippen LogP) is 2.46. The van der Waals surface area contributed by atoms with E-state index in [0.717, 1.165) is 49.6 Å². The van der Waals surface area contributed by atoms with E-state index in [1.54, 1.807) is 6.92 Å². The van der Waals surface area contributed by atoms with Crippen molar-refractivity contribution in [1.82, 2.24) is 0 Å². The van der Waals surface area contributed by atoms with Gasteiger partial charge >= 0.3 is 5.97 Å². The van der Waals surface area contributed by atoms with E-state index in [9.17, 15) is 17.8 Å². The molecule has 0 saturated carbocycles. The van der Waals surface area contributed by atoms with Crippen molar-refractivity contribution in [2.24, 2.45) is 0 Å². The fraction of sp³-hybridized carbons (Fsp3) is 0.824. The van der Waals surface area contributed by atoms with Crippen molar-refractivity contribution in [3.8, 4) is 0 Å². The Morgan fingerprint density at radius 3 is 2.04 bits per heavy atom. The summed E-state index contributed by atoms with van der Waals surface area (Å²) in [6.45, 7) is 7.32. The minimum atomic E-state index is -4.09. The molecule has 0 fully saturated rings. The highest BCUT2D eigenvalue weighted by atomic mass is 32.2. The van der Waals surface area contributed by atoms with Gasteiger partial charge in [-0.1, -0.05) is 25.8 Å². The third-order valence-corrected chi connectivity index (χ3v) is 4.69. The van der Waals surface area contributed by atoms with E-state index in [2.05, 4.69) is 20.7 Å². The van der Waals surface area contributed by atoms with Gasteiger partial charge in [0, 0.05) is 17.7 Å². The molecule has 0 aliphatic heterocycles. The van der Waals surface area contributed by atoms with Gasteiger partial charge in [0.1, 0.15) is 0 Å². The molecule has 0 radical (unpaired) electrons. The standard InChI is InChI=1S/C17H33NO5S/c1-16(2)17(19)23-14-10-8-6-5-7-9-12-18(3,4)13-11-15-24(20,21)22/h1,5-15H2,2-4H3. The van der Waals surface area contributed by atoms with Crippen molar-refractivity contribution in [1.29, 1.82) is 0 Å². The molecular formula is C17H33NO5S. The molecule has 0 unspecified atom stereocenters. The molecule has 142 valence electrons. The zero-order valence-electron chi connectivity index (χ0n) is 15.4. The van der Waals surface area contributed by atoms with Crippen LogP contribution in [0.4, 0.5) is 0 Å². The molecule has 0 aromatic carbocycles. The molecule has 0 N–H and O–H groups in total. The average Bonchev–Trinajstić information content (AvgIpc) is 2.43. The van der Waals surface area contributed by atoms with Crippen LogP contribution < -0.4 is 0 Å². The zero-order valence-corrected chi connectivity index (χ0v) is 16.2. The molecule has 0 saturated heterocycles. The number of hydrogen-bond acceptors (Lipinski definition) is 5. The predicted molar refractivity (Wildman–Crippen MR) is 94.5 cm³/mol. The lowest BCUT2D eigenvalue weighted by Gasteiger charge is -2.30. The Labute approximate surface area is 147 Å². The van der Waals surface area contributed by atoms with Crippen molar-refractivity contribution < 1.29 is 27.0 Å². The monoisotopic (exact) mass is 363 g/mol. The van der Waals surface area contributed by atoms with Crippen LogP contribution in [0, 0.1) is 0 Å². The molecule has 0 rings (SSSR count). The van der Waals surface area contributed by atoms with Crippen molar-refractivity contribution >= 4 is 16.1 Å². The molecule has 0 aromatic heterocycles. The van der Waals surface area contributed by atoms with Crippen LogP contribution in [0.2, 0.25) is 0 Å². The third-order valence-electron chi connectivity index (χ3n) is 3.90. The minimum Gasteiger partial charge on any atom is -0.748 e. The van der Waals surface area contributed by atoms with E-state index in [-0.39, 0.29) is 11.7 Å². The largest absolute Gasteiger partial charge is 0.748 e. The topological polar surface area (TPSA) is 83.5 Å². The number of nitrogens with zero attached hydrogens (tertiary/aromatic N) is 1. The van der Waals surface area contributed by atoms with Crippen molar-refractivity contribution in [3.05, 3.63) is 12.2 Å². The molecule has 24 heavy (non-hydrogen) atoms. The van der Waals surface area contributed by atoms with Gasteiger partial charge in [-0.2, -0.15) is 0 Å². The molecule has 0 aliphatic rings. The van der Waals surface area contributed by atoms with Gasteiger partial charge in [0.15, 0.2) is 0 Å². The average molecular weight is 364 g/mol. The number of hydrogen-bond donors (Lipinski definition) is 0. The summed E-state index contributed by atoms with van der Waals surface area (Å²) >= 11 is 0. The smallest absolute Gasteiger partial charge is 0.333 e. The molecule has 6 nitrogen and oxygen atoms in total. The van der Waals surface area contributed by atoms with Gasteiger partial charge in [-0.05, 0) is 26.2 Å². The second-order valence-electron chi connectivity index (χ2n) is 7.04. The highest BCUT2D eigenvalue weighted by Crippen LogP contribution is 2.09. The SMILES string of the molecule is C=C(C)C(=O)OCCCCCCCC[N+](C)(C)CCCS(=O)(=O)[O-]. The summed E-state index contributed by atoms with van der Waals surface area (Å²) in [5, 5.41) is 0. The Kier molecular flexibility index (Phi) is 11.2. The Morgan fingerprint density at radius 2 is 1.50 bits per heavy atom. The number of carbonyl (C=O) groups is 1. The summed E-state index contributed by atoms with van der Waals surface area (Å²) < 4.78 is 37.6. The fourth-order valence-corrected chi connectivity index (χ4v) is 2.90. The molecule has 0 aliphatic carbocycles. The number of rotatable bonds is 14. The van der Waals surface area contributed by atoms with Gasteiger partial charge < -0.3 is 13.8 Å². The maximum absolute atomic E-state index is 11.2. The van der Waals surface area contributed by atoms with Crippen LogP contribution in [0.1, 0.15) is 51.9 Å². The van der Waals surface area contributed by atoms with Gasteiger partial charge in [0.2, 0.25) is 0 Å². The van der Waals surface area contributed by atoms with E-state index < -0.39 is 10.1 Å². The first kappa shape index (κ1) is 23.1. The molecule has 0 amide bonds. The molecule has 0 bridgehead atoms. The Bertz CT molecular complexity index is 485. The van der Waals surface area contributed by atoms with E-state index in [1.165, 1.54) is 0 Å². The molecule has 0 atom stereocenters. The number of esters is 1. The summed E-state index contributed by atoms with van der Waals surface area (Å²) in [7, 11) is 0.0325. The number of unbranched alkanes of at least 4 members (excludes halogenated alkanes) is 5.